The number of thiophene rings is 1. The van der Waals surface area contributed by atoms with Gasteiger partial charge in [0, 0.05) is 36.6 Å². The van der Waals surface area contributed by atoms with Crippen LogP contribution in [0.4, 0.5) is 5.69 Å². The summed E-state index contributed by atoms with van der Waals surface area (Å²) in [7, 11) is 0. The van der Waals surface area contributed by atoms with Gasteiger partial charge in [-0.15, -0.1) is 17.9 Å². The Kier molecular flexibility index (Phi) is 6.12. The zero-order valence-corrected chi connectivity index (χ0v) is 13.6. The maximum absolute atomic E-state index is 10.6. The van der Waals surface area contributed by atoms with E-state index in [1.807, 2.05) is 30.3 Å². The Bertz CT molecular complexity index is 640. The van der Waals surface area contributed by atoms with Gasteiger partial charge in [0.25, 0.3) is 5.69 Å². The van der Waals surface area contributed by atoms with Crippen LogP contribution in [0.1, 0.15) is 10.4 Å². The summed E-state index contributed by atoms with van der Waals surface area (Å²) in [6, 6.07) is 10.7. The highest BCUT2D eigenvalue weighted by Crippen LogP contribution is 2.23. The van der Waals surface area contributed by atoms with Crippen LogP contribution in [0, 0.1) is 10.1 Å². The fraction of sp³-hybridized carbons (Fsp3) is 0.250. The fourth-order valence-electron chi connectivity index (χ4n) is 2.15. The summed E-state index contributed by atoms with van der Waals surface area (Å²) < 4.78 is 0.795. The molecule has 116 valence electrons. The molecule has 1 aromatic heterocycles. The number of nitrogens with zero attached hydrogens (tertiary/aromatic N) is 2. The fourth-order valence-corrected chi connectivity index (χ4v) is 3.28. The molecule has 22 heavy (non-hydrogen) atoms. The van der Waals surface area contributed by atoms with E-state index in [9.17, 15) is 10.1 Å². The molecule has 1 heterocycles. The molecule has 0 aliphatic carbocycles. The van der Waals surface area contributed by atoms with Crippen molar-refractivity contribution >= 4 is 28.6 Å². The zero-order valence-electron chi connectivity index (χ0n) is 12.1. The van der Waals surface area contributed by atoms with E-state index in [0.29, 0.717) is 0 Å². The van der Waals surface area contributed by atoms with Crippen molar-refractivity contribution < 1.29 is 4.92 Å². The average molecular weight is 337 g/mol. The van der Waals surface area contributed by atoms with Crippen LogP contribution >= 0.6 is 22.9 Å². The minimum atomic E-state index is -0.381. The molecule has 4 nitrogen and oxygen atoms in total. The van der Waals surface area contributed by atoms with Crippen molar-refractivity contribution in [3.05, 3.63) is 73.9 Å². The first-order valence-electron chi connectivity index (χ1n) is 6.89. The van der Waals surface area contributed by atoms with Gasteiger partial charge in [0.05, 0.1) is 9.26 Å². The third kappa shape index (κ3) is 4.94. The highest BCUT2D eigenvalue weighted by Gasteiger charge is 2.08. The van der Waals surface area contributed by atoms with Gasteiger partial charge in [-0.1, -0.05) is 29.8 Å². The van der Waals surface area contributed by atoms with Gasteiger partial charge in [-0.05, 0) is 24.1 Å². The van der Waals surface area contributed by atoms with E-state index in [1.165, 1.54) is 4.88 Å². The van der Waals surface area contributed by atoms with E-state index in [1.54, 1.807) is 23.5 Å². The first kappa shape index (κ1) is 16.7. The molecule has 0 aliphatic heterocycles. The number of benzene rings is 1. The van der Waals surface area contributed by atoms with Gasteiger partial charge in [-0.25, -0.2) is 0 Å². The van der Waals surface area contributed by atoms with Crippen molar-refractivity contribution in [2.24, 2.45) is 0 Å². The molecule has 2 rings (SSSR count). The Morgan fingerprint density at radius 1 is 1.27 bits per heavy atom. The van der Waals surface area contributed by atoms with Crippen molar-refractivity contribution in [1.82, 2.24) is 4.90 Å². The van der Waals surface area contributed by atoms with Crippen LogP contribution in [0.15, 0.2) is 49.1 Å². The topological polar surface area (TPSA) is 46.4 Å². The Balaban J connectivity index is 1.93. The molecule has 1 aromatic carbocycles. The van der Waals surface area contributed by atoms with Gasteiger partial charge >= 0.3 is 0 Å². The Hall–Kier alpha value is -1.69. The van der Waals surface area contributed by atoms with E-state index < -0.39 is 0 Å². The molecule has 0 bridgehead atoms. The molecule has 0 saturated carbocycles. The smallest absolute Gasteiger partial charge is 0.269 e. The molecule has 0 fully saturated rings. The van der Waals surface area contributed by atoms with Gasteiger partial charge in [0.1, 0.15) is 0 Å². The highest BCUT2D eigenvalue weighted by molar-refractivity contribution is 7.16. The molecule has 0 unspecified atom stereocenters. The molecule has 0 radical (unpaired) electrons. The SMILES string of the molecule is C=CCN(CCc1ccc([N+](=O)[O-])cc1)Cc1ccc(Cl)s1. The lowest BCUT2D eigenvalue weighted by atomic mass is 10.1. The Morgan fingerprint density at radius 2 is 2.00 bits per heavy atom. The minimum Gasteiger partial charge on any atom is -0.294 e. The van der Waals surface area contributed by atoms with Gasteiger partial charge < -0.3 is 0 Å². The van der Waals surface area contributed by atoms with Crippen LogP contribution in [0.5, 0.6) is 0 Å². The zero-order chi connectivity index (χ0) is 15.9. The molecule has 0 saturated heterocycles. The molecule has 6 heteroatoms. The predicted octanol–water partition coefficient (Wildman–Crippen LogP) is 4.54. The van der Waals surface area contributed by atoms with Crippen molar-refractivity contribution in [3.63, 3.8) is 0 Å². The quantitative estimate of drug-likeness (QED) is 0.404. The summed E-state index contributed by atoms with van der Waals surface area (Å²) >= 11 is 7.54. The van der Waals surface area contributed by atoms with Gasteiger partial charge in [0.15, 0.2) is 0 Å². The van der Waals surface area contributed by atoms with Crippen LogP contribution in [-0.2, 0) is 13.0 Å². The van der Waals surface area contributed by atoms with Crippen LogP contribution in [0.25, 0.3) is 0 Å². The molecule has 0 aliphatic rings. The van der Waals surface area contributed by atoms with Gasteiger partial charge in [-0.2, -0.15) is 0 Å². The summed E-state index contributed by atoms with van der Waals surface area (Å²) in [5.74, 6) is 0. The van der Waals surface area contributed by atoms with E-state index in [-0.39, 0.29) is 10.6 Å². The summed E-state index contributed by atoms with van der Waals surface area (Å²) in [6.45, 7) is 6.28. The Morgan fingerprint density at radius 3 is 2.55 bits per heavy atom. The summed E-state index contributed by atoms with van der Waals surface area (Å²) in [5.41, 5.74) is 1.21. The molecule has 0 amide bonds. The maximum atomic E-state index is 10.6. The van der Waals surface area contributed by atoms with Crippen LogP contribution in [0.2, 0.25) is 4.34 Å². The van der Waals surface area contributed by atoms with E-state index in [4.69, 9.17) is 11.6 Å². The van der Waals surface area contributed by atoms with E-state index in [2.05, 4.69) is 11.5 Å². The van der Waals surface area contributed by atoms with Crippen molar-refractivity contribution in [1.29, 1.82) is 0 Å². The van der Waals surface area contributed by atoms with Crippen LogP contribution in [-0.4, -0.2) is 22.9 Å². The molecule has 0 spiro atoms. The van der Waals surface area contributed by atoms with Crippen LogP contribution in [0.3, 0.4) is 0 Å². The lowest BCUT2D eigenvalue weighted by Gasteiger charge is -2.19. The molecule has 2 aromatic rings. The number of rotatable bonds is 8. The third-order valence-corrected chi connectivity index (χ3v) is 4.48. The monoisotopic (exact) mass is 336 g/mol. The lowest BCUT2D eigenvalue weighted by molar-refractivity contribution is -0.384. The summed E-state index contributed by atoms with van der Waals surface area (Å²) in [6.07, 6.45) is 2.72. The highest BCUT2D eigenvalue weighted by atomic mass is 35.5. The molecule has 0 N–H and O–H groups in total. The van der Waals surface area contributed by atoms with E-state index >= 15 is 0 Å². The number of halogens is 1. The van der Waals surface area contributed by atoms with Gasteiger partial charge in [-0.3, -0.25) is 15.0 Å². The van der Waals surface area contributed by atoms with E-state index in [0.717, 1.165) is 36.0 Å². The average Bonchev–Trinajstić information content (AvgIpc) is 2.90. The van der Waals surface area contributed by atoms with Crippen LogP contribution < -0.4 is 0 Å². The number of hydrogen-bond donors (Lipinski definition) is 0. The number of nitro groups is 1. The summed E-state index contributed by atoms with van der Waals surface area (Å²) in [4.78, 5) is 13.8. The largest absolute Gasteiger partial charge is 0.294 e. The number of hydrogen-bond acceptors (Lipinski definition) is 4. The predicted molar refractivity (Wildman–Crippen MR) is 91.6 cm³/mol. The second-order valence-corrected chi connectivity index (χ2v) is 6.70. The first-order chi connectivity index (χ1) is 10.6. The normalized spacial score (nSPS) is 10.8. The standard InChI is InChI=1S/C16H17ClN2O2S/c1-2-10-18(12-15-7-8-16(17)22-15)11-9-13-3-5-14(6-4-13)19(20)21/h2-8H,1,9-12H2. The number of non-ortho nitro benzene ring substituents is 1. The summed E-state index contributed by atoms with van der Waals surface area (Å²) in [5, 5.41) is 10.6. The minimum absolute atomic E-state index is 0.125. The van der Waals surface area contributed by atoms with Gasteiger partial charge in [0.2, 0.25) is 0 Å². The Labute approximate surface area is 138 Å². The number of nitro benzene ring substituents is 1. The molecular formula is C16H17ClN2O2S. The lowest BCUT2D eigenvalue weighted by Crippen LogP contribution is -2.25. The molecule has 0 atom stereocenters. The third-order valence-electron chi connectivity index (χ3n) is 3.26. The molecular weight excluding hydrogens is 320 g/mol. The second kappa shape index (κ2) is 8.08. The maximum Gasteiger partial charge on any atom is 0.269 e. The van der Waals surface area contributed by atoms with Crippen molar-refractivity contribution in [3.8, 4) is 0 Å². The van der Waals surface area contributed by atoms with Crippen molar-refractivity contribution in [2.45, 2.75) is 13.0 Å². The second-order valence-electron chi connectivity index (χ2n) is 4.90. The van der Waals surface area contributed by atoms with Crippen molar-refractivity contribution in [2.75, 3.05) is 13.1 Å². The first-order valence-corrected chi connectivity index (χ1v) is 8.08.